The highest BCUT2D eigenvalue weighted by molar-refractivity contribution is 4.61. The zero-order chi connectivity index (χ0) is 9.40. The molecule has 2 nitrogen and oxygen atoms in total. The summed E-state index contributed by atoms with van der Waals surface area (Å²) in [6.45, 7) is 7.18. The summed E-state index contributed by atoms with van der Waals surface area (Å²) >= 11 is 0. The van der Waals surface area contributed by atoms with Crippen LogP contribution in [-0.2, 0) is 4.89 Å². The first-order valence-electron chi connectivity index (χ1n) is 5.00. The van der Waals surface area contributed by atoms with Gasteiger partial charge >= 0.3 is 0 Å². The topological polar surface area (TPSA) is 29.5 Å². The van der Waals surface area contributed by atoms with Gasteiger partial charge in [0.15, 0.2) is 0 Å². The van der Waals surface area contributed by atoms with E-state index < -0.39 is 0 Å². The summed E-state index contributed by atoms with van der Waals surface area (Å²) in [6.07, 6.45) is 4.68. The monoisotopic (exact) mass is 174 g/mol. The van der Waals surface area contributed by atoms with Crippen molar-refractivity contribution >= 4 is 0 Å². The van der Waals surface area contributed by atoms with Crippen molar-refractivity contribution in [2.45, 2.75) is 46.5 Å². The van der Waals surface area contributed by atoms with E-state index >= 15 is 0 Å². The average molecular weight is 174 g/mol. The number of hydrogen-bond acceptors (Lipinski definition) is 2. The third kappa shape index (κ3) is 5.56. The molecule has 0 saturated carbocycles. The minimum absolute atomic E-state index is 0.481. The molecule has 0 fully saturated rings. The van der Waals surface area contributed by atoms with Crippen molar-refractivity contribution in [1.82, 2.24) is 0 Å². The summed E-state index contributed by atoms with van der Waals surface area (Å²) in [5.74, 6) is 1.51. The van der Waals surface area contributed by atoms with E-state index in [2.05, 4.69) is 25.7 Å². The number of rotatable bonds is 7. The Morgan fingerprint density at radius 3 is 2.33 bits per heavy atom. The average Bonchev–Trinajstić information content (AvgIpc) is 2.11. The van der Waals surface area contributed by atoms with Crippen LogP contribution in [0, 0.1) is 11.8 Å². The van der Waals surface area contributed by atoms with Gasteiger partial charge in [0.25, 0.3) is 0 Å². The van der Waals surface area contributed by atoms with Gasteiger partial charge in [0.05, 0.1) is 6.61 Å². The van der Waals surface area contributed by atoms with Crippen LogP contribution in [0.5, 0.6) is 0 Å². The van der Waals surface area contributed by atoms with E-state index in [1.807, 2.05) is 0 Å². The van der Waals surface area contributed by atoms with Crippen molar-refractivity contribution in [3.63, 3.8) is 0 Å². The predicted molar refractivity (Wildman–Crippen MR) is 51.1 cm³/mol. The lowest BCUT2D eigenvalue weighted by atomic mass is 9.90. The van der Waals surface area contributed by atoms with Crippen molar-refractivity contribution < 1.29 is 10.1 Å². The molecule has 0 aromatic rings. The molecule has 0 aliphatic carbocycles. The summed E-state index contributed by atoms with van der Waals surface area (Å²) in [5.41, 5.74) is 0. The van der Waals surface area contributed by atoms with Crippen molar-refractivity contribution in [2.75, 3.05) is 6.61 Å². The fourth-order valence-corrected chi connectivity index (χ4v) is 1.44. The molecule has 0 bridgehead atoms. The molecule has 2 unspecified atom stereocenters. The lowest BCUT2D eigenvalue weighted by molar-refractivity contribution is -0.244. The fourth-order valence-electron chi connectivity index (χ4n) is 1.44. The molecule has 2 heteroatoms. The zero-order valence-corrected chi connectivity index (χ0v) is 8.55. The van der Waals surface area contributed by atoms with Crippen LogP contribution in [0.15, 0.2) is 0 Å². The van der Waals surface area contributed by atoms with Crippen LogP contribution in [-0.4, -0.2) is 11.9 Å². The highest BCUT2D eigenvalue weighted by Crippen LogP contribution is 2.20. The maximum atomic E-state index is 8.20. The van der Waals surface area contributed by atoms with Crippen LogP contribution >= 0.6 is 0 Å². The van der Waals surface area contributed by atoms with Crippen molar-refractivity contribution in [3.8, 4) is 0 Å². The first-order chi connectivity index (χ1) is 5.74. The Hall–Kier alpha value is -0.0800. The van der Waals surface area contributed by atoms with Gasteiger partial charge in [0.2, 0.25) is 0 Å². The van der Waals surface area contributed by atoms with Crippen LogP contribution in [0.4, 0.5) is 0 Å². The highest BCUT2D eigenvalue weighted by Gasteiger charge is 2.09. The van der Waals surface area contributed by atoms with E-state index in [1.54, 1.807) is 0 Å². The minimum atomic E-state index is 0.481. The molecule has 0 rings (SSSR count). The Kier molecular flexibility index (Phi) is 7.51. The molecule has 0 radical (unpaired) electrons. The zero-order valence-electron chi connectivity index (χ0n) is 8.55. The Morgan fingerprint density at radius 1 is 1.25 bits per heavy atom. The SMILES string of the molecule is CCC(C)CC(CC)CCOO. The van der Waals surface area contributed by atoms with Gasteiger partial charge in [-0.1, -0.05) is 33.6 Å². The second-order valence-electron chi connectivity index (χ2n) is 3.65. The van der Waals surface area contributed by atoms with Gasteiger partial charge in [-0.2, -0.15) is 0 Å². The van der Waals surface area contributed by atoms with Gasteiger partial charge in [0.1, 0.15) is 0 Å². The Labute approximate surface area is 75.9 Å². The maximum Gasteiger partial charge on any atom is 0.0822 e. The molecule has 0 amide bonds. The summed E-state index contributed by atoms with van der Waals surface area (Å²) < 4.78 is 0. The summed E-state index contributed by atoms with van der Waals surface area (Å²) in [7, 11) is 0. The van der Waals surface area contributed by atoms with Gasteiger partial charge in [-0.05, 0) is 24.7 Å². The lowest BCUT2D eigenvalue weighted by Gasteiger charge is -2.17. The third-order valence-corrected chi connectivity index (χ3v) is 2.63. The van der Waals surface area contributed by atoms with Crippen LogP contribution < -0.4 is 0 Å². The maximum absolute atomic E-state index is 8.20. The summed E-state index contributed by atoms with van der Waals surface area (Å²) in [4.78, 5) is 4.09. The second kappa shape index (κ2) is 7.56. The molecule has 1 N–H and O–H groups in total. The van der Waals surface area contributed by atoms with Crippen molar-refractivity contribution in [1.29, 1.82) is 0 Å². The molecular formula is C10H22O2. The van der Waals surface area contributed by atoms with Crippen LogP contribution in [0.3, 0.4) is 0 Å². The van der Waals surface area contributed by atoms with Crippen LogP contribution in [0.25, 0.3) is 0 Å². The lowest BCUT2D eigenvalue weighted by Crippen LogP contribution is -2.07. The second-order valence-corrected chi connectivity index (χ2v) is 3.65. The molecule has 2 atom stereocenters. The minimum Gasteiger partial charge on any atom is -0.252 e. The molecule has 0 aliphatic heterocycles. The quantitative estimate of drug-likeness (QED) is 0.474. The first-order valence-corrected chi connectivity index (χ1v) is 5.00. The smallest absolute Gasteiger partial charge is 0.0822 e. The van der Waals surface area contributed by atoms with Crippen molar-refractivity contribution in [3.05, 3.63) is 0 Å². The van der Waals surface area contributed by atoms with E-state index in [0.717, 1.165) is 12.3 Å². The van der Waals surface area contributed by atoms with E-state index in [0.29, 0.717) is 12.5 Å². The van der Waals surface area contributed by atoms with Crippen LogP contribution in [0.1, 0.15) is 46.5 Å². The molecule has 0 aromatic heterocycles. The molecule has 0 aliphatic rings. The standard InChI is InChI=1S/C10H22O2/c1-4-9(3)8-10(5-2)6-7-12-11/h9-11H,4-8H2,1-3H3. The first kappa shape index (κ1) is 11.9. The molecule has 74 valence electrons. The van der Waals surface area contributed by atoms with E-state index in [1.165, 1.54) is 19.3 Å². The van der Waals surface area contributed by atoms with Gasteiger partial charge in [-0.3, -0.25) is 5.26 Å². The fraction of sp³-hybridized carbons (Fsp3) is 1.00. The van der Waals surface area contributed by atoms with E-state index in [-0.39, 0.29) is 0 Å². The number of hydrogen-bond donors (Lipinski definition) is 1. The molecule has 0 aromatic carbocycles. The Bertz CT molecular complexity index is 93.8. The predicted octanol–water partition coefficient (Wildman–Crippen LogP) is 3.33. The van der Waals surface area contributed by atoms with E-state index in [4.69, 9.17) is 5.26 Å². The highest BCUT2D eigenvalue weighted by atomic mass is 17.1. The molecular weight excluding hydrogens is 152 g/mol. The summed E-state index contributed by atoms with van der Waals surface area (Å²) in [6, 6.07) is 0. The molecule has 12 heavy (non-hydrogen) atoms. The van der Waals surface area contributed by atoms with Gasteiger partial charge < -0.3 is 0 Å². The third-order valence-electron chi connectivity index (χ3n) is 2.63. The van der Waals surface area contributed by atoms with Gasteiger partial charge in [-0.25, -0.2) is 4.89 Å². The van der Waals surface area contributed by atoms with E-state index in [9.17, 15) is 0 Å². The Morgan fingerprint density at radius 2 is 1.92 bits per heavy atom. The molecule has 0 heterocycles. The molecule has 0 saturated heterocycles. The Balaban J connectivity index is 3.51. The summed E-state index contributed by atoms with van der Waals surface area (Å²) in [5, 5.41) is 8.20. The van der Waals surface area contributed by atoms with Gasteiger partial charge in [0, 0.05) is 0 Å². The largest absolute Gasteiger partial charge is 0.252 e. The normalized spacial score (nSPS) is 16.0. The molecule has 0 spiro atoms. The van der Waals surface area contributed by atoms with Crippen molar-refractivity contribution in [2.24, 2.45) is 11.8 Å². The van der Waals surface area contributed by atoms with Gasteiger partial charge in [-0.15, -0.1) is 0 Å². The van der Waals surface area contributed by atoms with Crippen LogP contribution in [0.2, 0.25) is 0 Å².